The first-order chi connectivity index (χ1) is 6.83. The Morgan fingerprint density at radius 1 is 1.43 bits per heavy atom. The van der Waals surface area contributed by atoms with E-state index >= 15 is 0 Å². The fourth-order valence-electron chi connectivity index (χ4n) is 1.23. The smallest absolute Gasteiger partial charge is 0.266 e. The minimum Gasteiger partial charge on any atom is -0.328 e. The van der Waals surface area contributed by atoms with Gasteiger partial charge in [0.25, 0.3) is 5.56 Å². The van der Waals surface area contributed by atoms with Crippen LogP contribution < -0.4 is 5.56 Å². The van der Waals surface area contributed by atoms with E-state index in [2.05, 4.69) is 4.98 Å². The molecule has 0 saturated heterocycles. The fourth-order valence-corrected chi connectivity index (χ4v) is 1.98. The van der Waals surface area contributed by atoms with Crippen molar-refractivity contribution in [2.24, 2.45) is 0 Å². The number of hydrogen-bond acceptors (Lipinski definition) is 3. The summed E-state index contributed by atoms with van der Waals surface area (Å²) in [6, 6.07) is 7.44. The fraction of sp³-hybridized carbons (Fsp3) is 0. The summed E-state index contributed by atoms with van der Waals surface area (Å²) in [5, 5.41) is 10.7. The zero-order valence-electron chi connectivity index (χ0n) is 7.15. The maximum atomic E-state index is 11.3. The molecule has 68 valence electrons. The number of nitriles is 1. The topological polar surface area (TPSA) is 56.6 Å². The highest BCUT2D eigenvalue weighted by atomic mass is 32.1. The molecular formula is C10H6N2OS. The van der Waals surface area contributed by atoms with Crippen molar-refractivity contribution in [2.45, 2.75) is 0 Å². The highest BCUT2D eigenvalue weighted by Gasteiger charge is 2.08. The lowest BCUT2D eigenvalue weighted by Gasteiger charge is -1.97. The third-order valence-corrected chi connectivity index (χ3v) is 2.76. The van der Waals surface area contributed by atoms with E-state index in [4.69, 9.17) is 5.26 Å². The minimum absolute atomic E-state index is 0.176. The van der Waals surface area contributed by atoms with E-state index in [1.54, 1.807) is 12.3 Å². The Labute approximate surface area is 84.3 Å². The van der Waals surface area contributed by atoms with Crippen molar-refractivity contribution in [3.8, 4) is 16.5 Å². The first-order valence-corrected chi connectivity index (χ1v) is 4.86. The van der Waals surface area contributed by atoms with Gasteiger partial charge in [0.2, 0.25) is 0 Å². The van der Waals surface area contributed by atoms with Crippen molar-refractivity contribution < 1.29 is 0 Å². The number of aromatic amines is 1. The van der Waals surface area contributed by atoms with Crippen LogP contribution in [0.3, 0.4) is 0 Å². The molecule has 0 fully saturated rings. The summed E-state index contributed by atoms with van der Waals surface area (Å²) in [6.45, 7) is 0. The van der Waals surface area contributed by atoms with Crippen LogP contribution in [0.15, 0.2) is 34.6 Å². The molecule has 0 aliphatic heterocycles. The molecule has 0 aliphatic carbocycles. The second kappa shape index (κ2) is 3.48. The minimum atomic E-state index is -0.335. The van der Waals surface area contributed by atoms with Crippen LogP contribution >= 0.6 is 11.3 Å². The predicted molar refractivity (Wildman–Crippen MR) is 55.1 cm³/mol. The average molecular weight is 202 g/mol. The molecule has 4 heteroatoms. The molecule has 1 N–H and O–H groups in total. The van der Waals surface area contributed by atoms with Gasteiger partial charge in [-0.1, -0.05) is 6.07 Å². The van der Waals surface area contributed by atoms with E-state index in [0.29, 0.717) is 5.56 Å². The first kappa shape index (κ1) is 8.73. The van der Waals surface area contributed by atoms with Gasteiger partial charge in [0.15, 0.2) is 0 Å². The van der Waals surface area contributed by atoms with Crippen molar-refractivity contribution in [1.82, 2.24) is 4.98 Å². The van der Waals surface area contributed by atoms with Crippen LogP contribution in [-0.4, -0.2) is 4.98 Å². The monoisotopic (exact) mass is 202 g/mol. The maximum Gasteiger partial charge on any atom is 0.266 e. The molecule has 0 saturated carbocycles. The number of rotatable bonds is 1. The van der Waals surface area contributed by atoms with E-state index < -0.39 is 0 Å². The Bertz CT molecular complexity index is 534. The van der Waals surface area contributed by atoms with Gasteiger partial charge in [-0.15, -0.1) is 11.3 Å². The average Bonchev–Trinajstić information content (AvgIpc) is 2.70. The quantitative estimate of drug-likeness (QED) is 0.768. The summed E-state index contributed by atoms with van der Waals surface area (Å²) in [7, 11) is 0. The van der Waals surface area contributed by atoms with Gasteiger partial charge in [0, 0.05) is 16.6 Å². The largest absolute Gasteiger partial charge is 0.328 e. The summed E-state index contributed by atoms with van der Waals surface area (Å²) >= 11 is 1.51. The number of H-pyrrole nitrogens is 1. The van der Waals surface area contributed by atoms with Crippen molar-refractivity contribution >= 4 is 11.3 Å². The second-order valence-electron chi connectivity index (χ2n) is 2.68. The molecule has 0 atom stereocenters. The SMILES string of the molecule is N#Cc1c(-c2cccs2)cc[nH]c1=O. The highest BCUT2D eigenvalue weighted by molar-refractivity contribution is 7.13. The molecule has 0 amide bonds. The summed E-state index contributed by atoms with van der Waals surface area (Å²) in [5.74, 6) is 0. The molecule has 0 aliphatic rings. The molecular weight excluding hydrogens is 196 g/mol. The van der Waals surface area contributed by atoms with E-state index in [1.165, 1.54) is 11.3 Å². The number of thiophene rings is 1. The molecule has 2 aromatic heterocycles. The molecule has 3 nitrogen and oxygen atoms in total. The van der Waals surface area contributed by atoms with Gasteiger partial charge in [-0.05, 0) is 17.5 Å². The lowest BCUT2D eigenvalue weighted by Crippen LogP contribution is -2.09. The summed E-state index contributed by atoms with van der Waals surface area (Å²) in [6.07, 6.45) is 1.55. The predicted octanol–water partition coefficient (Wildman–Crippen LogP) is 1.98. The summed E-state index contributed by atoms with van der Waals surface area (Å²) in [5.41, 5.74) is 0.541. The molecule has 2 aromatic rings. The van der Waals surface area contributed by atoms with E-state index in [-0.39, 0.29) is 11.1 Å². The number of nitrogens with zero attached hydrogens (tertiary/aromatic N) is 1. The maximum absolute atomic E-state index is 11.3. The number of aromatic nitrogens is 1. The van der Waals surface area contributed by atoms with Gasteiger partial charge in [-0.2, -0.15) is 5.26 Å². The zero-order chi connectivity index (χ0) is 9.97. The van der Waals surface area contributed by atoms with Gasteiger partial charge in [-0.3, -0.25) is 4.79 Å². The van der Waals surface area contributed by atoms with Crippen molar-refractivity contribution in [3.05, 3.63) is 45.7 Å². The second-order valence-corrected chi connectivity index (χ2v) is 3.63. The normalized spacial score (nSPS) is 9.64. The Kier molecular flexibility index (Phi) is 2.17. The van der Waals surface area contributed by atoms with Crippen molar-refractivity contribution in [3.63, 3.8) is 0 Å². The van der Waals surface area contributed by atoms with E-state index in [1.807, 2.05) is 23.6 Å². The Morgan fingerprint density at radius 3 is 2.93 bits per heavy atom. The van der Waals surface area contributed by atoms with Crippen LogP contribution in [0, 0.1) is 11.3 Å². The molecule has 2 rings (SSSR count). The van der Waals surface area contributed by atoms with Crippen LogP contribution in [0.25, 0.3) is 10.4 Å². The Balaban J connectivity index is 2.72. The van der Waals surface area contributed by atoms with Crippen LogP contribution in [0.4, 0.5) is 0 Å². The third-order valence-electron chi connectivity index (χ3n) is 1.86. The van der Waals surface area contributed by atoms with Gasteiger partial charge >= 0.3 is 0 Å². The van der Waals surface area contributed by atoms with Gasteiger partial charge < -0.3 is 4.98 Å². The molecule has 0 radical (unpaired) electrons. The molecule has 0 bridgehead atoms. The molecule has 0 aromatic carbocycles. The standard InChI is InChI=1S/C10H6N2OS/c11-6-8-7(3-4-12-10(8)13)9-2-1-5-14-9/h1-5H,(H,12,13). The molecule has 14 heavy (non-hydrogen) atoms. The number of nitrogens with one attached hydrogen (secondary N) is 1. The zero-order valence-corrected chi connectivity index (χ0v) is 7.97. The first-order valence-electron chi connectivity index (χ1n) is 3.98. The molecule has 0 spiro atoms. The Hall–Kier alpha value is -1.86. The number of pyridine rings is 1. The lowest BCUT2D eigenvalue weighted by atomic mass is 10.1. The van der Waals surface area contributed by atoms with Crippen LogP contribution in [0.1, 0.15) is 5.56 Å². The Morgan fingerprint density at radius 2 is 2.29 bits per heavy atom. The van der Waals surface area contributed by atoms with E-state index in [0.717, 1.165) is 4.88 Å². The molecule has 0 unspecified atom stereocenters. The summed E-state index contributed by atoms with van der Waals surface area (Å²) < 4.78 is 0. The lowest BCUT2D eigenvalue weighted by molar-refractivity contribution is 1.22. The van der Waals surface area contributed by atoms with Crippen LogP contribution in [0.2, 0.25) is 0 Å². The van der Waals surface area contributed by atoms with E-state index in [9.17, 15) is 4.79 Å². The summed E-state index contributed by atoms with van der Waals surface area (Å²) in [4.78, 5) is 14.7. The van der Waals surface area contributed by atoms with Crippen LogP contribution in [-0.2, 0) is 0 Å². The molecule has 2 heterocycles. The number of hydrogen-bond donors (Lipinski definition) is 1. The van der Waals surface area contributed by atoms with Crippen molar-refractivity contribution in [2.75, 3.05) is 0 Å². The van der Waals surface area contributed by atoms with Crippen LogP contribution in [0.5, 0.6) is 0 Å². The van der Waals surface area contributed by atoms with Gasteiger partial charge in [0.1, 0.15) is 11.6 Å². The van der Waals surface area contributed by atoms with Crippen molar-refractivity contribution in [1.29, 1.82) is 5.26 Å². The third kappa shape index (κ3) is 1.34. The van der Waals surface area contributed by atoms with Gasteiger partial charge in [-0.25, -0.2) is 0 Å². The highest BCUT2D eigenvalue weighted by Crippen LogP contribution is 2.25. The van der Waals surface area contributed by atoms with Gasteiger partial charge in [0.05, 0.1) is 0 Å².